The van der Waals surface area contributed by atoms with Crippen LogP contribution in [0.5, 0.6) is 6.01 Å². The zero-order chi connectivity index (χ0) is 15.6. The molecular formula is C13H19BrN4O3S. The Morgan fingerprint density at radius 3 is 2.41 bits per heavy atom. The van der Waals surface area contributed by atoms with Crippen LogP contribution in [0.15, 0.2) is 16.9 Å². The van der Waals surface area contributed by atoms with Crippen LogP contribution in [-0.2, 0) is 10.2 Å². The van der Waals surface area contributed by atoms with Crippen LogP contribution in [0, 0.1) is 0 Å². The van der Waals surface area contributed by atoms with Crippen LogP contribution in [-0.4, -0.2) is 59.3 Å². The molecule has 7 nitrogen and oxygen atoms in total. The van der Waals surface area contributed by atoms with Gasteiger partial charge in [0.15, 0.2) is 0 Å². The van der Waals surface area contributed by atoms with Gasteiger partial charge in [-0.05, 0) is 41.6 Å². The maximum atomic E-state index is 12.6. The van der Waals surface area contributed by atoms with E-state index >= 15 is 0 Å². The molecule has 1 atom stereocenters. The van der Waals surface area contributed by atoms with Crippen molar-refractivity contribution in [2.45, 2.75) is 31.8 Å². The van der Waals surface area contributed by atoms with E-state index < -0.39 is 10.2 Å². The Balaban J connectivity index is 1.65. The summed E-state index contributed by atoms with van der Waals surface area (Å²) < 4.78 is 34.8. The summed E-state index contributed by atoms with van der Waals surface area (Å²) >= 11 is 3.27. The first-order valence-electron chi connectivity index (χ1n) is 7.45. The lowest BCUT2D eigenvalue weighted by Gasteiger charge is -2.33. The maximum absolute atomic E-state index is 12.6. The van der Waals surface area contributed by atoms with Gasteiger partial charge in [0.1, 0.15) is 6.10 Å². The normalized spacial score (nSPS) is 24.5. The molecule has 3 heterocycles. The zero-order valence-electron chi connectivity index (χ0n) is 12.2. The summed E-state index contributed by atoms with van der Waals surface area (Å²) in [5.74, 6) is 0. The molecule has 2 saturated heterocycles. The van der Waals surface area contributed by atoms with E-state index in [4.69, 9.17) is 4.74 Å². The lowest BCUT2D eigenvalue weighted by molar-refractivity contribution is 0.116. The third kappa shape index (κ3) is 3.58. The van der Waals surface area contributed by atoms with Crippen molar-refractivity contribution in [3.63, 3.8) is 0 Å². The summed E-state index contributed by atoms with van der Waals surface area (Å²) in [5.41, 5.74) is 0. The molecule has 0 radical (unpaired) electrons. The predicted molar refractivity (Wildman–Crippen MR) is 84.7 cm³/mol. The van der Waals surface area contributed by atoms with Crippen molar-refractivity contribution in [2.24, 2.45) is 0 Å². The SMILES string of the molecule is O=S(=O)(N1CCCC1)N1CCCC(Oc2ncc(Br)cn2)C1. The summed E-state index contributed by atoms with van der Waals surface area (Å²) in [6.07, 6.45) is 6.51. The van der Waals surface area contributed by atoms with Crippen molar-refractivity contribution in [1.82, 2.24) is 18.6 Å². The predicted octanol–water partition coefficient (Wildman–Crippen LogP) is 1.42. The molecule has 0 bridgehead atoms. The van der Waals surface area contributed by atoms with Gasteiger partial charge >= 0.3 is 6.01 Å². The van der Waals surface area contributed by atoms with Crippen molar-refractivity contribution >= 4 is 26.1 Å². The molecule has 0 saturated carbocycles. The number of hydrogen-bond donors (Lipinski definition) is 0. The maximum Gasteiger partial charge on any atom is 0.316 e. The average molecular weight is 391 g/mol. The largest absolute Gasteiger partial charge is 0.459 e. The third-order valence-electron chi connectivity index (χ3n) is 3.93. The van der Waals surface area contributed by atoms with Gasteiger partial charge in [-0.3, -0.25) is 0 Å². The fraction of sp³-hybridized carbons (Fsp3) is 0.692. The van der Waals surface area contributed by atoms with Crippen molar-refractivity contribution in [3.8, 4) is 6.01 Å². The third-order valence-corrected chi connectivity index (χ3v) is 6.34. The topological polar surface area (TPSA) is 75.6 Å². The molecular weight excluding hydrogens is 372 g/mol. The van der Waals surface area contributed by atoms with Gasteiger partial charge in [0.2, 0.25) is 0 Å². The highest BCUT2D eigenvalue weighted by molar-refractivity contribution is 9.10. The second-order valence-corrected chi connectivity index (χ2v) is 8.38. The smallest absolute Gasteiger partial charge is 0.316 e. The fourth-order valence-electron chi connectivity index (χ4n) is 2.80. The summed E-state index contributed by atoms with van der Waals surface area (Å²) in [7, 11) is -3.36. The summed E-state index contributed by atoms with van der Waals surface area (Å²) in [6, 6.07) is 0.286. The molecule has 0 N–H and O–H groups in total. The monoisotopic (exact) mass is 390 g/mol. The standard InChI is InChI=1S/C13H19BrN4O3S/c14-11-8-15-13(16-9-11)21-12-4-3-7-18(10-12)22(19,20)17-5-1-2-6-17/h8-9,12H,1-7,10H2. The number of rotatable bonds is 4. The molecule has 9 heteroatoms. The highest BCUT2D eigenvalue weighted by Gasteiger charge is 2.35. The van der Waals surface area contributed by atoms with Gasteiger partial charge in [0.25, 0.3) is 10.2 Å². The molecule has 1 unspecified atom stereocenters. The van der Waals surface area contributed by atoms with Crippen LogP contribution in [0.1, 0.15) is 25.7 Å². The van der Waals surface area contributed by atoms with Gasteiger partial charge in [-0.15, -0.1) is 0 Å². The zero-order valence-corrected chi connectivity index (χ0v) is 14.6. The van der Waals surface area contributed by atoms with Gasteiger partial charge in [-0.25, -0.2) is 9.97 Å². The fourth-order valence-corrected chi connectivity index (χ4v) is 4.77. The molecule has 3 rings (SSSR count). The van der Waals surface area contributed by atoms with E-state index in [0.29, 0.717) is 26.2 Å². The first-order chi connectivity index (χ1) is 10.6. The van der Waals surface area contributed by atoms with E-state index in [1.165, 1.54) is 4.31 Å². The van der Waals surface area contributed by atoms with Crippen molar-refractivity contribution in [1.29, 1.82) is 0 Å². The Morgan fingerprint density at radius 2 is 1.73 bits per heavy atom. The Labute approximate surface area is 139 Å². The van der Waals surface area contributed by atoms with E-state index in [9.17, 15) is 8.42 Å². The van der Waals surface area contributed by atoms with E-state index in [-0.39, 0.29) is 12.1 Å². The Morgan fingerprint density at radius 1 is 1.09 bits per heavy atom. The van der Waals surface area contributed by atoms with Gasteiger partial charge in [0.05, 0.1) is 11.0 Å². The average Bonchev–Trinajstić information content (AvgIpc) is 3.05. The van der Waals surface area contributed by atoms with E-state index in [0.717, 1.165) is 30.2 Å². The number of halogens is 1. The van der Waals surface area contributed by atoms with E-state index in [1.54, 1.807) is 16.7 Å². The molecule has 122 valence electrons. The summed E-state index contributed by atoms with van der Waals surface area (Å²) in [4.78, 5) is 8.16. The first-order valence-corrected chi connectivity index (χ1v) is 9.64. The highest BCUT2D eigenvalue weighted by Crippen LogP contribution is 2.22. The van der Waals surface area contributed by atoms with Crippen molar-refractivity contribution in [2.75, 3.05) is 26.2 Å². The van der Waals surface area contributed by atoms with Crippen LogP contribution >= 0.6 is 15.9 Å². The lowest BCUT2D eigenvalue weighted by Crippen LogP contribution is -2.49. The van der Waals surface area contributed by atoms with Gasteiger partial charge in [-0.2, -0.15) is 17.0 Å². The van der Waals surface area contributed by atoms with Gasteiger partial charge in [-0.1, -0.05) is 0 Å². The number of ether oxygens (including phenoxy) is 1. The minimum atomic E-state index is -3.36. The molecule has 0 aliphatic carbocycles. The minimum Gasteiger partial charge on any atom is -0.459 e. The molecule has 2 aliphatic heterocycles. The van der Waals surface area contributed by atoms with E-state index in [1.807, 2.05) is 0 Å². The highest BCUT2D eigenvalue weighted by atomic mass is 79.9. The quantitative estimate of drug-likeness (QED) is 0.776. The Hall–Kier alpha value is -0.770. The summed E-state index contributed by atoms with van der Waals surface area (Å²) in [6.45, 7) is 2.17. The van der Waals surface area contributed by atoms with Gasteiger partial charge < -0.3 is 4.74 Å². The second kappa shape index (κ2) is 6.77. The Kier molecular flexibility index (Phi) is 4.96. The summed E-state index contributed by atoms with van der Waals surface area (Å²) in [5, 5.41) is 0. The number of hydrogen-bond acceptors (Lipinski definition) is 5. The van der Waals surface area contributed by atoms with Crippen LogP contribution in [0.2, 0.25) is 0 Å². The number of aromatic nitrogens is 2. The number of nitrogens with zero attached hydrogens (tertiary/aromatic N) is 4. The van der Waals surface area contributed by atoms with E-state index in [2.05, 4.69) is 25.9 Å². The molecule has 2 aliphatic rings. The second-order valence-electron chi connectivity index (χ2n) is 5.54. The molecule has 0 amide bonds. The molecule has 1 aromatic rings. The Bertz CT molecular complexity index is 604. The van der Waals surface area contributed by atoms with Crippen LogP contribution in [0.3, 0.4) is 0 Å². The number of piperidine rings is 1. The molecule has 0 aromatic carbocycles. The lowest BCUT2D eigenvalue weighted by atomic mass is 10.1. The molecule has 22 heavy (non-hydrogen) atoms. The molecule has 1 aromatic heterocycles. The van der Waals surface area contributed by atoms with Crippen LogP contribution in [0.4, 0.5) is 0 Å². The first kappa shape index (κ1) is 16.1. The van der Waals surface area contributed by atoms with Crippen LogP contribution < -0.4 is 4.74 Å². The van der Waals surface area contributed by atoms with Gasteiger partial charge in [0, 0.05) is 32.0 Å². The molecule has 2 fully saturated rings. The minimum absolute atomic E-state index is 0.202. The van der Waals surface area contributed by atoms with Crippen molar-refractivity contribution < 1.29 is 13.2 Å². The van der Waals surface area contributed by atoms with Crippen molar-refractivity contribution in [3.05, 3.63) is 16.9 Å². The molecule has 0 spiro atoms. The van der Waals surface area contributed by atoms with Crippen LogP contribution in [0.25, 0.3) is 0 Å².